The summed E-state index contributed by atoms with van der Waals surface area (Å²) >= 11 is 0. The van der Waals surface area contributed by atoms with Gasteiger partial charge in [0.2, 0.25) is 17.7 Å². The van der Waals surface area contributed by atoms with E-state index >= 15 is 0 Å². The van der Waals surface area contributed by atoms with Gasteiger partial charge in [0.05, 0.1) is 20.6 Å². The Bertz CT molecular complexity index is 888. The first-order valence-electron chi connectivity index (χ1n) is 10.9. The maximum absolute atomic E-state index is 12.5. The molecule has 1 heterocycles. The lowest BCUT2D eigenvalue weighted by atomic mass is 9.63. The Labute approximate surface area is 184 Å². The summed E-state index contributed by atoms with van der Waals surface area (Å²) in [6.07, 6.45) is 4.39. The van der Waals surface area contributed by atoms with E-state index in [-0.39, 0.29) is 22.8 Å². The molecule has 0 bridgehead atoms. The maximum Gasteiger partial charge on any atom is 0.221 e. The molecule has 170 valence electrons. The van der Waals surface area contributed by atoms with Crippen LogP contribution in [0.15, 0.2) is 22.6 Å². The molecule has 0 aliphatic heterocycles. The second kappa shape index (κ2) is 9.28. The number of ether oxygens (including phenoxy) is 2. The normalized spacial score (nSPS) is 17.9. The van der Waals surface area contributed by atoms with Gasteiger partial charge in [-0.15, -0.1) is 10.2 Å². The molecule has 0 atom stereocenters. The van der Waals surface area contributed by atoms with Crippen LogP contribution in [0.4, 0.5) is 0 Å². The molecule has 31 heavy (non-hydrogen) atoms. The van der Waals surface area contributed by atoms with Crippen molar-refractivity contribution in [2.24, 2.45) is 10.8 Å². The van der Waals surface area contributed by atoms with Crippen LogP contribution < -0.4 is 14.8 Å². The fraction of sp³-hybridized carbons (Fsp3) is 0.625. The largest absolute Gasteiger partial charge is 0.497 e. The minimum atomic E-state index is 0.0349. The van der Waals surface area contributed by atoms with Crippen molar-refractivity contribution in [1.82, 2.24) is 15.5 Å². The first-order chi connectivity index (χ1) is 14.6. The molecular formula is C24H35N3O4. The van der Waals surface area contributed by atoms with Crippen molar-refractivity contribution in [3.8, 4) is 11.5 Å². The van der Waals surface area contributed by atoms with Crippen molar-refractivity contribution >= 4 is 5.91 Å². The number of nitrogens with zero attached hydrogens (tertiary/aromatic N) is 2. The van der Waals surface area contributed by atoms with E-state index in [1.165, 1.54) is 6.42 Å². The summed E-state index contributed by atoms with van der Waals surface area (Å²) < 4.78 is 16.5. The third kappa shape index (κ3) is 6.45. The van der Waals surface area contributed by atoms with E-state index < -0.39 is 0 Å². The number of carbonyl (C=O) groups is 1. The van der Waals surface area contributed by atoms with Crippen molar-refractivity contribution in [3.05, 3.63) is 35.5 Å². The van der Waals surface area contributed by atoms with Gasteiger partial charge < -0.3 is 19.2 Å². The quantitative estimate of drug-likeness (QED) is 0.672. The van der Waals surface area contributed by atoms with E-state index in [2.05, 4.69) is 43.2 Å². The van der Waals surface area contributed by atoms with E-state index in [0.29, 0.717) is 31.0 Å². The summed E-state index contributed by atoms with van der Waals surface area (Å²) in [4.78, 5) is 12.5. The van der Waals surface area contributed by atoms with Crippen molar-refractivity contribution in [3.63, 3.8) is 0 Å². The summed E-state index contributed by atoms with van der Waals surface area (Å²) in [5, 5.41) is 11.5. The number of hydrogen-bond acceptors (Lipinski definition) is 6. The molecule has 7 nitrogen and oxygen atoms in total. The number of benzene rings is 1. The van der Waals surface area contributed by atoms with Crippen molar-refractivity contribution in [2.45, 2.75) is 72.3 Å². The molecule has 0 saturated heterocycles. The van der Waals surface area contributed by atoms with Gasteiger partial charge in [0.25, 0.3) is 0 Å². The fourth-order valence-electron chi connectivity index (χ4n) is 5.11. The van der Waals surface area contributed by atoms with Gasteiger partial charge in [-0.3, -0.25) is 4.79 Å². The fourth-order valence-corrected chi connectivity index (χ4v) is 5.11. The van der Waals surface area contributed by atoms with Crippen LogP contribution in [0.5, 0.6) is 11.5 Å². The molecule has 1 aromatic carbocycles. The maximum atomic E-state index is 12.5. The zero-order valence-electron chi connectivity index (χ0n) is 19.6. The molecule has 0 spiro atoms. The number of nitrogens with one attached hydrogen (secondary N) is 1. The van der Waals surface area contributed by atoms with Gasteiger partial charge in [-0.1, -0.05) is 27.7 Å². The zero-order valence-corrected chi connectivity index (χ0v) is 19.6. The van der Waals surface area contributed by atoms with Crippen LogP contribution in [0, 0.1) is 10.8 Å². The van der Waals surface area contributed by atoms with Crippen molar-refractivity contribution in [2.75, 3.05) is 14.2 Å². The van der Waals surface area contributed by atoms with Crippen LogP contribution >= 0.6 is 0 Å². The van der Waals surface area contributed by atoms with E-state index in [0.717, 1.165) is 29.9 Å². The molecule has 1 aromatic heterocycles. The van der Waals surface area contributed by atoms with Gasteiger partial charge in [0.1, 0.15) is 11.5 Å². The molecule has 2 aromatic rings. The summed E-state index contributed by atoms with van der Waals surface area (Å²) in [7, 11) is 3.24. The number of hydrogen-bond donors (Lipinski definition) is 1. The highest BCUT2D eigenvalue weighted by Crippen LogP contribution is 2.45. The van der Waals surface area contributed by atoms with Crippen LogP contribution in [-0.2, 0) is 17.6 Å². The van der Waals surface area contributed by atoms with Gasteiger partial charge >= 0.3 is 0 Å². The topological polar surface area (TPSA) is 86.5 Å². The molecule has 1 aliphatic rings. The Kier molecular flexibility index (Phi) is 6.92. The van der Waals surface area contributed by atoms with E-state index in [9.17, 15) is 4.79 Å². The minimum absolute atomic E-state index is 0.0349. The van der Waals surface area contributed by atoms with E-state index in [4.69, 9.17) is 13.9 Å². The van der Waals surface area contributed by atoms with Crippen molar-refractivity contribution in [1.29, 1.82) is 0 Å². The smallest absolute Gasteiger partial charge is 0.221 e. The molecule has 1 aliphatic carbocycles. The predicted octanol–water partition coefficient (Wildman–Crippen LogP) is 4.33. The van der Waals surface area contributed by atoms with E-state index in [1.807, 2.05) is 18.2 Å². The second-order valence-corrected chi connectivity index (χ2v) is 10.1. The average Bonchev–Trinajstić information content (AvgIpc) is 3.11. The third-order valence-electron chi connectivity index (χ3n) is 5.82. The summed E-state index contributed by atoms with van der Waals surface area (Å²) in [5.74, 6) is 2.46. The van der Waals surface area contributed by atoms with Gasteiger partial charge in [0.15, 0.2) is 0 Å². The Morgan fingerprint density at radius 2 is 1.77 bits per heavy atom. The van der Waals surface area contributed by atoms with Crippen LogP contribution in [0.2, 0.25) is 0 Å². The van der Waals surface area contributed by atoms with Crippen LogP contribution in [0.25, 0.3) is 0 Å². The molecule has 3 rings (SSSR count). The lowest BCUT2D eigenvalue weighted by Crippen LogP contribution is -2.46. The first kappa shape index (κ1) is 23.1. The van der Waals surface area contributed by atoms with Gasteiger partial charge in [0, 0.05) is 24.4 Å². The van der Waals surface area contributed by atoms with Gasteiger partial charge in [-0.2, -0.15) is 0 Å². The average molecular weight is 430 g/mol. The predicted molar refractivity (Wildman–Crippen MR) is 118 cm³/mol. The zero-order chi connectivity index (χ0) is 22.6. The SMILES string of the molecule is COc1ccc(OC)c(Cc2nnc(CCC(=O)NC3CC(C)(C)CC(C)(C)C3)o2)c1. The van der Waals surface area contributed by atoms with Crippen LogP contribution in [0.1, 0.15) is 70.7 Å². The Balaban J connectivity index is 1.54. The Hall–Kier alpha value is -2.57. The number of methoxy groups -OCH3 is 2. The Morgan fingerprint density at radius 1 is 1.10 bits per heavy atom. The lowest BCUT2D eigenvalue weighted by molar-refractivity contribution is -0.122. The van der Waals surface area contributed by atoms with Crippen LogP contribution in [0.3, 0.4) is 0 Å². The molecule has 1 fully saturated rings. The van der Waals surface area contributed by atoms with Gasteiger partial charge in [-0.25, -0.2) is 0 Å². The highest BCUT2D eigenvalue weighted by Gasteiger charge is 2.38. The lowest BCUT2D eigenvalue weighted by Gasteiger charge is -2.45. The standard InChI is InChI=1S/C24H35N3O4/c1-23(2)13-17(14-24(3,4)15-23)25-20(28)9-10-21-26-27-22(31-21)12-16-11-18(29-5)7-8-19(16)30-6/h7-8,11,17H,9-10,12-15H2,1-6H3,(H,25,28). The first-order valence-corrected chi connectivity index (χ1v) is 10.9. The Morgan fingerprint density at radius 3 is 2.42 bits per heavy atom. The molecule has 0 unspecified atom stereocenters. The van der Waals surface area contributed by atoms with Gasteiger partial charge in [-0.05, 0) is 48.3 Å². The number of rotatable bonds is 8. The molecule has 1 saturated carbocycles. The molecule has 7 heteroatoms. The molecule has 1 amide bonds. The summed E-state index contributed by atoms with van der Waals surface area (Å²) in [6, 6.07) is 5.80. The molecule has 1 N–H and O–H groups in total. The highest BCUT2D eigenvalue weighted by atomic mass is 16.5. The van der Waals surface area contributed by atoms with Crippen LogP contribution in [-0.4, -0.2) is 36.4 Å². The second-order valence-electron chi connectivity index (χ2n) is 10.1. The number of aromatic nitrogens is 2. The third-order valence-corrected chi connectivity index (χ3v) is 5.82. The molecular weight excluding hydrogens is 394 g/mol. The highest BCUT2D eigenvalue weighted by molar-refractivity contribution is 5.76. The minimum Gasteiger partial charge on any atom is -0.497 e. The van der Waals surface area contributed by atoms with E-state index in [1.54, 1.807) is 14.2 Å². The number of carbonyl (C=O) groups excluding carboxylic acids is 1. The number of amides is 1. The monoisotopic (exact) mass is 429 g/mol. The number of aryl methyl sites for hydroxylation is 1. The summed E-state index contributed by atoms with van der Waals surface area (Å²) in [6.45, 7) is 9.13. The molecule has 0 radical (unpaired) electrons. The van der Waals surface area contributed by atoms with Crippen molar-refractivity contribution < 1.29 is 18.7 Å². The summed E-state index contributed by atoms with van der Waals surface area (Å²) in [5.41, 5.74) is 1.38.